The second kappa shape index (κ2) is 6.10. The molecule has 2 atom stereocenters. The lowest BCUT2D eigenvalue weighted by Gasteiger charge is -2.38. The first-order valence-electron chi connectivity index (χ1n) is 5.91. The summed E-state index contributed by atoms with van der Waals surface area (Å²) in [4.78, 5) is 13.4. The van der Waals surface area contributed by atoms with Crippen molar-refractivity contribution in [2.75, 3.05) is 7.05 Å². The van der Waals surface area contributed by atoms with Gasteiger partial charge in [-0.1, -0.05) is 48.9 Å². The maximum absolute atomic E-state index is 11.9. The molecule has 1 amide bonds. The molecule has 0 N–H and O–H groups in total. The molecule has 0 heterocycles. The Labute approximate surface area is 114 Å². The van der Waals surface area contributed by atoms with Gasteiger partial charge in [-0.3, -0.25) is 0 Å². The first kappa shape index (κ1) is 14.8. The number of carbonyl (C=O) groups excluding carboxylic acids is 1. The van der Waals surface area contributed by atoms with Crippen LogP contribution in [0, 0.1) is 6.92 Å². The van der Waals surface area contributed by atoms with Crippen molar-refractivity contribution in [1.29, 1.82) is 0 Å². The molecule has 4 heteroatoms. The molecular formula is C14H19ClNO2. The monoisotopic (exact) mass is 268 g/mol. The highest BCUT2D eigenvalue weighted by Crippen LogP contribution is 2.30. The van der Waals surface area contributed by atoms with Crippen LogP contribution in [0.4, 0.5) is 4.79 Å². The minimum Gasteiger partial charge on any atom is -0.430 e. The molecule has 3 nitrogen and oxygen atoms in total. The average molecular weight is 269 g/mol. The van der Waals surface area contributed by atoms with Gasteiger partial charge in [-0.05, 0) is 25.8 Å². The van der Waals surface area contributed by atoms with E-state index in [2.05, 4.69) is 6.92 Å². The summed E-state index contributed by atoms with van der Waals surface area (Å²) in [7, 11) is 1.67. The van der Waals surface area contributed by atoms with Gasteiger partial charge >= 0.3 is 6.09 Å². The van der Waals surface area contributed by atoms with Crippen LogP contribution in [0.1, 0.15) is 25.8 Å². The standard InChI is InChI=1S/C14H19ClNO2/c1-5-14(3,12-9-7-6-8-10-12)16(4)13(17)18-11(2)15/h6-11H,3,5H2,1-2,4H3/t11?,14-/m0/s1. The van der Waals surface area contributed by atoms with Crippen molar-refractivity contribution in [2.45, 2.75) is 31.4 Å². The third-order valence-electron chi connectivity index (χ3n) is 3.08. The highest BCUT2D eigenvalue weighted by Gasteiger charge is 2.34. The molecule has 1 rings (SSSR count). The van der Waals surface area contributed by atoms with Crippen LogP contribution in [0.15, 0.2) is 30.3 Å². The fraction of sp³-hybridized carbons (Fsp3) is 0.429. The van der Waals surface area contributed by atoms with E-state index in [1.165, 1.54) is 4.90 Å². The molecule has 0 aromatic heterocycles. The third-order valence-corrected chi connectivity index (χ3v) is 3.16. The number of carbonyl (C=O) groups is 1. The van der Waals surface area contributed by atoms with E-state index in [4.69, 9.17) is 16.3 Å². The van der Waals surface area contributed by atoms with E-state index < -0.39 is 17.2 Å². The molecule has 1 radical (unpaired) electrons. The Morgan fingerprint density at radius 3 is 2.50 bits per heavy atom. The Morgan fingerprint density at radius 2 is 2.06 bits per heavy atom. The molecule has 0 aliphatic carbocycles. The number of rotatable bonds is 4. The summed E-state index contributed by atoms with van der Waals surface area (Å²) >= 11 is 5.67. The molecule has 1 aromatic rings. The number of halogens is 1. The fourth-order valence-corrected chi connectivity index (χ4v) is 1.85. The SMILES string of the molecule is [CH2][C@](CC)(c1ccccc1)N(C)C(=O)OC(C)Cl. The van der Waals surface area contributed by atoms with Crippen LogP contribution in [0.2, 0.25) is 0 Å². The normalized spacial score (nSPS) is 15.6. The van der Waals surface area contributed by atoms with E-state index >= 15 is 0 Å². The maximum Gasteiger partial charge on any atom is 0.411 e. The minimum absolute atomic E-state index is 0.474. The van der Waals surface area contributed by atoms with Crippen LogP contribution < -0.4 is 0 Å². The Kier molecular flexibility index (Phi) is 5.03. The molecule has 0 aliphatic rings. The van der Waals surface area contributed by atoms with Gasteiger partial charge in [0.05, 0.1) is 5.54 Å². The summed E-state index contributed by atoms with van der Waals surface area (Å²) in [5.74, 6) is 0. The molecule has 0 saturated heterocycles. The molecule has 0 aliphatic heterocycles. The van der Waals surface area contributed by atoms with E-state index in [1.54, 1.807) is 14.0 Å². The van der Waals surface area contributed by atoms with Crippen molar-refractivity contribution < 1.29 is 9.53 Å². The van der Waals surface area contributed by atoms with Gasteiger partial charge in [-0.15, -0.1) is 0 Å². The third kappa shape index (κ3) is 3.16. The second-order valence-electron chi connectivity index (χ2n) is 4.24. The van der Waals surface area contributed by atoms with Crippen LogP contribution >= 0.6 is 11.6 Å². The fourth-order valence-electron chi connectivity index (χ4n) is 1.78. The highest BCUT2D eigenvalue weighted by atomic mass is 35.5. The molecule has 0 saturated carbocycles. The van der Waals surface area contributed by atoms with Crippen LogP contribution in [-0.2, 0) is 10.3 Å². The van der Waals surface area contributed by atoms with E-state index in [9.17, 15) is 4.79 Å². The van der Waals surface area contributed by atoms with Crippen LogP contribution in [0.3, 0.4) is 0 Å². The summed E-state index contributed by atoms with van der Waals surface area (Å²) in [6.07, 6.45) is 0.206. The number of amides is 1. The van der Waals surface area contributed by atoms with Crippen LogP contribution in [0.5, 0.6) is 0 Å². The lowest BCUT2D eigenvalue weighted by atomic mass is 9.88. The Bertz CT molecular complexity index is 394. The van der Waals surface area contributed by atoms with Crippen molar-refractivity contribution in [3.63, 3.8) is 0 Å². The lowest BCUT2D eigenvalue weighted by Crippen LogP contribution is -2.45. The molecule has 99 valence electrons. The largest absolute Gasteiger partial charge is 0.430 e. The molecule has 0 fully saturated rings. The number of nitrogens with zero attached hydrogens (tertiary/aromatic N) is 1. The molecule has 1 aromatic carbocycles. The molecule has 1 unspecified atom stereocenters. The summed E-state index contributed by atoms with van der Waals surface area (Å²) in [6.45, 7) is 7.75. The topological polar surface area (TPSA) is 29.5 Å². The van der Waals surface area contributed by atoms with E-state index in [0.29, 0.717) is 6.42 Å². The van der Waals surface area contributed by atoms with E-state index in [-0.39, 0.29) is 0 Å². The van der Waals surface area contributed by atoms with Gasteiger partial charge in [-0.2, -0.15) is 0 Å². The molecular weight excluding hydrogens is 250 g/mol. The van der Waals surface area contributed by atoms with E-state index in [0.717, 1.165) is 5.56 Å². The summed E-state index contributed by atoms with van der Waals surface area (Å²) in [5, 5.41) is 0. The predicted octanol–water partition coefficient (Wildman–Crippen LogP) is 3.78. The zero-order valence-electron chi connectivity index (χ0n) is 11.0. The minimum atomic E-state index is -0.656. The first-order chi connectivity index (χ1) is 8.41. The maximum atomic E-state index is 11.9. The van der Waals surface area contributed by atoms with Gasteiger partial charge in [0.2, 0.25) is 0 Å². The summed E-state index contributed by atoms with van der Waals surface area (Å²) < 4.78 is 4.99. The van der Waals surface area contributed by atoms with Crippen molar-refractivity contribution >= 4 is 17.7 Å². The number of hydrogen-bond acceptors (Lipinski definition) is 2. The zero-order valence-corrected chi connectivity index (χ0v) is 11.8. The smallest absolute Gasteiger partial charge is 0.411 e. The van der Waals surface area contributed by atoms with Crippen molar-refractivity contribution in [3.8, 4) is 0 Å². The van der Waals surface area contributed by atoms with Crippen LogP contribution in [-0.4, -0.2) is 23.6 Å². The first-order valence-corrected chi connectivity index (χ1v) is 6.35. The van der Waals surface area contributed by atoms with Crippen molar-refractivity contribution in [2.24, 2.45) is 0 Å². The number of benzene rings is 1. The lowest BCUT2D eigenvalue weighted by molar-refractivity contribution is 0.0705. The molecule has 0 spiro atoms. The summed E-state index contributed by atoms with van der Waals surface area (Å²) in [6, 6.07) is 9.68. The Morgan fingerprint density at radius 1 is 1.50 bits per heavy atom. The van der Waals surface area contributed by atoms with Crippen molar-refractivity contribution in [3.05, 3.63) is 42.8 Å². The predicted molar refractivity (Wildman–Crippen MR) is 73.3 cm³/mol. The van der Waals surface area contributed by atoms with Gasteiger partial charge in [0.25, 0.3) is 0 Å². The Balaban J connectivity index is 2.98. The average Bonchev–Trinajstić information content (AvgIpc) is 2.37. The number of ether oxygens (including phenoxy) is 1. The zero-order chi connectivity index (χ0) is 13.8. The van der Waals surface area contributed by atoms with Gasteiger partial charge in [0.1, 0.15) is 0 Å². The van der Waals surface area contributed by atoms with Gasteiger partial charge in [0, 0.05) is 7.05 Å². The number of hydrogen-bond donors (Lipinski definition) is 0. The Hall–Kier alpha value is -1.22. The van der Waals surface area contributed by atoms with Crippen LogP contribution in [0.25, 0.3) is 0 Å². The van der Waals surface area contributed by atoms with Gasteiger partial charge < -0.3 is 9.64 Å². The quantitative estimate of drug-likeness (QED) is 0.778. The number of alkyl halides is 1. The second-order valence-corrected chi connectivity index (χ2v) is 4.85. The molecule has 0 bridgehead atoms. The highest BCUT2D eigenvalue weighted by molar-refractivity contribution is 6.19. The van der Waals surface area contributed by atoms with Gasteiger partial charge in [0.15, 0.2) is 5.56 Å². The van der Waals surface area contributed by atoms with E-state index in [1.807, 2.05) is 37.3 Å². The van der Waals surface area contributed by atoms with Gasteiger partial charge in [-0.25, -0.2) is 4.79 Å². The van der Waals surface area contributed by atoms with Crippen molar-refractivity contribution in [1.82, 2.24) is 4.90 Å². The molecule has 18 heavy (non-hydrogen) atoms. The summed E-state index contributed by atoms with van der Waals surface area (Å²) in [5.41, 5.74) is -0.338.